The third kappa shape index (κ3) is 2.49. The first-order valence-electron chi connectivity index (χ1n) is 7.93. The van der Waals surface area contributed by atoms with E-state index < -0.39 is 29.5 Å². The molecule has 0 spiro atoms. The number of fused-ring (bicyclic) bond motifs is 1. The molecule has 1 aliphatic heterocycles. The first kappa shape index (κ1) is 16.4. The van der Waals surface area contributed by atoms with Gasteiger partial charge in [-0.05, 0) is 18.2 Å². The maximum absolute atomic E-state index is 14.2. The number of rotatable bonds is 3. The summed E-state index contributed by atoms with van der Waals surface area (Å²) in [7, 11) is 1.17. The van der Waals surface area contributed by atoms with E-state index in [1.54, 1.807) is 18.2 Å². The largest absolute Gasteiger partial charge is 0.491 e. The lowest BCUT2D eigenvalue weighted by molar-refractivity contribution is 0.0393. The lowest BCUT2D eigenvalue weighted by Crippen LogP contribution is -2.51. The van der Waals surface area contributed by atoms with E-state index in [1.165, 1.54) is 22.8 Å². The Morgan fingerprint density at radius 3 is 2.54 bits per heavy atom. The minimum Gasteiger partial charge on any atom is -0.491 e. The van der Waals surface area contributed by atoms with Gasteiger partial charge in [-0.15, -0.1) is 0 Å². The Bertz CT molecular complexity index is 989. The fourth-order valence-corrected chi connectivity index (χ4v) is 3.08. The number of amides is 1. The minimum atomic E-state index is -1.05. The van der Waals surface area contributed by atoms with Crippen molar-refractivity contribution in [2.75, 3.05) is 20.2 Å². The Balaban J connectivity index is 1.91. The molecular weight excluding hydrogens is 347 g/mol. The van der Waals surface area contributed by atoms with Crippen molar-refractivity contribution in [1.29, 1.82) is 0 Å². The molecule has 0 atom stereocenters. The summed E-state index contributed by atoms with van der Waals surface area (Å²) in [5.41, 5.74) is 0.627. The van der Waals surface area contributed by atoms with Crippen LogP contribution in [0.5, 0.6) is 5.75 Å². The van der Waals surface area contributed by atoms with Crippen molar-refractivity contribution in [2.24, 2.45) is 0 Å². The number of methoxy groups -OCH3 is 1. The third-order valence-corrected chi connectivity index (χ3v) is 4.35. The van der Waals surface area contributed by atoms with Gasteiger partial charge in [0.25, 0.3) is 5.91 Å². The third-order valence-electron chi connectivity index (χ3n) is 4.35. The highest BCUT2D eigenvalue weighted by atomic mass is 19.1. The Labute approximate surface area is 146 Å². The molecule has 3 aromatic rings. The number of likely N-dealkylation sites (tertiary alicyclic amines) is 1. The molecule has 26 heavy (non-hydrogen) atoms. The van der Waals surface area contributed by atoms with Crippen molar-refractivity contribution in [2.45, 2.75) is 6.17 Å². The molecule has 1 aromatic carbocycles. The quantitative estimate of drug-likeness (QED) is 0.720. The molecule has 8 heteroatoms. The van der Waals surface area contributed by atoms with E-state index in [0.717, 1.165) is 12.1 Å². The number of ether oxygens (including phenoxy) is 1. The summed E-state index contributed by atoms with van der Waals surface area (Å²) in [6, 6.07) is 7.15. The smallest absolute Gasteiger partial charge is 0.271 e. The standard InChI is InChI=1S/C18H14F3N3O2/c1-26-16-13(20)6-12(7-14(16)21)24-15(18(25)23-8-11(19)9-23)5-10-3-2-4-22-17(10)24/h2-7,11H,8-9H2,1H3. The van der Waals surface area contributed by atoms with Gasteiger partial charge < -0.3 is 9.64 Å². The average molecular weight is 361 g/mol. The molecule has 0 N–H and O–H groups in total. The van der Waals surface area contributed by atoms with E-state index >= 15 is 0 Å². The zero-order valence-electron chi connectivity index (χ0n) is 13.7. The van der Waals surface area contributed by atoms with Gasteiger partial charge in [0.05, 0.1) is 25.9 Å². The van der Waals surface area contributed by atoms with E-state index in [4.69, 9.17) is 4.74 Å². The summed E-state index contributed by atoms with van der Waals surface area (Å²) in [5, 5.41) is 0.629. The van der Waals surface area contributed by atoms with Crippen molar-refractivity contribution in [1.82, 2.24) is 14.5 Å². The molecule has 1 amide bonds. The summed E-state index contributed by atoms with van der Waals surface area (Å²) in [6.07, 6.45) is 0.468. The second-order valence-electron chi connectivity index (χ2n) is 6.03. The van der Waals surface area contributed by atoms with Crippen LogP contribution in [0.2, 0.25) is 0 Å². The number of alkyl halides is 1. The van der Waals surface area contributed by atoms with Crippen LogP contribution < -0.4 is 4.74 Å². The van der Waals surface area contributed by atoms with Crippen molar-refractivity contribution in [3.05, 3.63) is 53.9 Å². The average Bonchev–Trinajstić information content (AvgIpc) is 2.97. The number of carbonyl (C=O) groups excluding carboxylic acids is 1. The molecule has 0 unspecified atom stereocenters. The van der Waals surface area contributed by atoms with Gasteiger partial charge in [0, 0.05) is 23.7 Å². The van der Waals surface area contributed by atoms with Crippen molar-refractivity contribution < 1.29 is 22.7 Å². The molecule has 1 aliphatic rings. The highest BCUT2D eigenvalue weighted by molar-refractivity contribution is 5.99. The van der Waals surface area contributed by atoms with Crippen LogP contribution in [-0.4, -0.2) is 46.7 Å². The predicted molar refractivity (Wildman–Crippen MR) is 88.3 cm³/mol. The van der Waals surface area contributed by atoms with Crippen LogP contribution in [0.15, 0.2) is 36.5 Å². The van der Waals surface area contributed by atoms with Crippen LogP contribution >= 0.6 is 0 Å². The van der Waals surface area contributed by atoms with Crippen LogP contribution in [0.3, 0.4) is 0 Å². The second-order valence-corrected chi connectivity index (χ2v) is 6.03. The maximum atomic E-state index is 14.2. The van der Waals surface area contributed by atoms with Gasteiger partial charge in [-0.3, -0.25) is 9.36 Å². The Hall–Kier alpha value is -3.03. The number of hydrogen-bond acceptors (Lipinski definition) is 3. The molecule has 2 aromatic heterocycles. The van der Waals surface area contributed by atoms with Crippen molar-refractivity contribution >= 4 is 16.9 Å². The van der Waals surface area contributed by atoms with Gasteiger partial charge in [0.2, 0.25) is 0 Å². The summed E-state index contributed by atoms with van der Waals surface area (Å²) in [5.74, 6) is -2.72. The molecule has 1 fully saturated rings. The number of pyridine rings is 1. The Morgan fingerprint density at radius 1 is 1.23 bits per heavy atom. The molecule has 5 nitrogen and oxygen atoms in total. The van der Waals surface area contributed by atoms with Gasteiger partial charge in [0.15, 0.2) is 17.4 Å². The van der Waals surface area contributed by atoms with Gasteiger partial charge >= 0.3 is 0 Å². The van der Waals surface area contributed by atoms with E-state index in [2.05, 4.69) is 4.98 Å². The van der Waals surface area contributed by atoms with Gasteiger partial charge in [0.1, 0.15) is 17.5 Å². The molecule has 0 saturated carbocycles. The van der Waals surface area contributed by atoms with E-state index in [-0.39, 0.29) is 24.5 Å². The highest BCUT2D eigenvalue weighted by Gasteiger charge is 2.33. The van der Waals surface area contributed by atoms with Gasteiger partial charge in [-0.2, -0.15) is 0 Å². The Morgan fingerprint density at radius 2 is 1.92 bits per heavy atom. The zero-order valence-corrected chi connectivity index (χ0v) is 13.7. The van der Waals surface area contributed by atoms with E-state index in [0.29, 0.717) is 11.0 Å². The van der Waals surface area contributed by atoms with Gasteiger partial charge in [-0.1, -0.05) is 0 Å². The van der Waals surface area contributed by atoms with Crippen molar-refractivity contribution in [3.8, 4) is 11.4 Å². The number of aromatic nitrogens is 2. The molecule has 0 aliphatic carbocycles. The SMILES string of the molecule is COc1c(F)cc(-n2c(C(=O)N3CC(F)C3)cc3cccnc32)cc1F. The second kappa shape index (κ2) is 6.05. The van der Waals surface area contributed by atoms with Crippen LogP contribution in [0.1, 0.15) is 10.5 Å². The fraction of sp³-hybridized carbons (Fsp3) is 0.222. The summed E-state index contributed by atoms with van der Waals surface area (Å²) < 4.78 is 47.6. The number of nitrogens with zero attached hydrogens (tertiary/aromatic N) is 3. The monoisotopic (exact) mass is 361 g/mol. The number of carbonyl (C=O) groups is 1. The number of hydrogen-bond donors (Lipinski definition) is 0. The summed E-state index contributed by atoms with van der Waals surface area (Å²) in [4.78, 5) is 18.3. The molecule has 1 saturated heterocycles. The number of benzene rings is 1. The molecule has 134 valence electrons. The topological polar surface area (TPSA) is 47.4 Å². The maximum Gasteiger partial charge on any atom is 0.271 e. The van der Waals surface area contributed by atoms with Crippen LogP contribution in [-0.2, 0) is 0 Å². The predicted octanol–water partition coefficient (Wildman–Crippen LogP) is 3.11. The van der Waals surface area contributed by atoms with Crippen LogP contribution in [0, 0.1) is 11.6 Å². The normalized spacial score (nSPS) is 14.5. The molecule has 3 heterocycles. The molecule has 4 rings (SSSR count). The number of halogens is 3. The molecular formula is C18H14F3N3O2. The summed E-state index contributed by atoms with van der Waals surface area (Å²) in [6.45, 7) is -0.00174. The fourth-order valence-electron chi connectivity index (χ4n) is 3.08. The highest BCUT2D eigenvalue weighted by Crippen LogP contribution is 2.30. The van der Waals surface area contributed by atoms with E-state index in [1.807, 2.05) is 0 Å². The molecule has 0 radical (unpaired) electrons. The van der Waals surface area contributed by atoms with Crippen LogP contribution in [0.25, 0.3) is 16.7 Å². The molecule has 0 bridgehead atoms. The Kier molecular flexibility index (Phi) is 3.82. The van der Waals surface area contributed by atoms with Gasteiger partial charge in [-0.25, -0.2) is 18.2 Å². The lowest BCUT2D eigenvalue weighted by atomic mass is 10.1. The minimum absolute atomic E-state index is 0.000871. The summed E-state index contributed by atoms with van der Waals surface area (Å²) >= 11 is 0. The van der Waals surface area contributed by atoms with Crippen molar-refractivity contribution in [3.63, 3.8) is 0 Å². The first-order valence-corrected chi connectivity index (χ1v) is 7.93. The van der Waals surface area contributed by atoms with E-state index in [9.17, 15) is 18.0 Å². The lowest BCUT2D eigenvalue weighted by Gasteiger charge is -2.34. The first-order chi connectivity index (χ1) is 12.5. The zero-order chi connectivity index (χ0) is 18.4. The van der Waals surface area contributed by atoms with Crippen LogP contribution in [0.4, 0.5) is 13.2 Å².